The smallest absolute Gasteiger partial charge is 0.300 e. The Labute approximate surface area is 211 Å². The first-order valence-electron chi connectivity index (χ1n) is 10.6. The number of phenols is 1. The minimum absolute atomic E-state index is 0.0351. The summed E-state index contributed by atoms with van der Waals surface area (Å²) in [5, 5.41) is 21.6. The molecule has 7 nitrogen and oxygen atoms in total. The van der Waals surface area contributed by atoms with Crippen LogP contribution in [0.3, 0.4) is 0 Å². The van der Waals surface area contributed by atoms with E-state index in [1.165, 1.54) is 48.4 Å². The summed E-state index contributed by atoms with van der Waals surface area (Å²) >= 11 is 12.3. The Morgan fingerprint density at radius 2 is 1.71 bits per heavy atom. The van der Waals surface area contributed by atoms with Crippen molar-refractivity contribution >= 4 is 46.3 Å². The van der Waals surface area contributed by atoms with Crippen LogP contribution in [0.25, 0.3) is 5.76 Å². The van der Waals surface area contributed by atoms with E-state index in [0.29, 0.717) is 34.4 Å². The van der Waals surface area contributed by atoms with Gasteiger partial charge in [0, 0.05) is 11.3 Å². The lowest BCUT2D eigenvalue weighted by molar-refractivity contribution is -0.132. The van der Waals surface area contributed by atoms with Gasteiger partial charge < -0.3 is 19.7 Å². The van der Waals surface area contributed by atoms with Crippen molar-refractivity contribution in [2.75, 3.05) is 18.6 Å². The Morgan fingerprint density at radius 1 is 1.00 bits per heavy atom. The second kappa shape index (κ2) is 9.90. The minimum Gasteiger partial charge on any atom is -0.507 e. The van der Waals surface area contributed by atoms with Crippen molar-refractivity contribution in [2.24, 2.45) is 0 Å². The van der Waals surface area contributed by atoms with Gasteiger partial charge in [0.2, 0.25) is 0 Å². The van der Waals surface area contributed by atoms with Gasteiger partial charge in [-0.3, -0.25) is 14.5 Å². The summed E-state index contributed by atoms with van der Waals surface area (Å²) in [6.45, 7) is 2.13. The van der Waals surface area contributed by atoms with Gasteiger partial charge in [-0.2, -0.15) is 0 Å². The van der Waals surface area contributed by atoms with E-state index in [-0.39, 0.29) is 21.9 Å². The number of phenolic OH excluding ortho intramolecular Hbond substituents is 1. The lowest BCUT2D eigenvalue weighted by atomic mass is 9.95. The first-order valence-corrected chi connectivity index (χ1v) is 11.4. The Morgan fingerprint density at radius 3 is 2.34 bits per heavy atom. The third-order valence-corrected chi connectivity index (χ3v) is 6.20. The Bertz CT molecular complexity index is 1340. The van der Waals surface area contributed by atoms with Gasteiger partial charge in [0.05, 0.1) is 35.4 Å². The van der Waals surface area contributed by atoms with Crippen LogP contribution in [0, 0.1) is 0 Å². The van der Waals surface area contributed by atoms with Crippen molar-refractivity contribution in [3.8, 4) is 17.2 Å². The first-order chi connectivity index (χ1) is 16.8. The zero-order valence-corrected chi connectivity index (χ0v) is 20.3. The molecule has 2 N–H and O–H groups in total. The topological polar surface area (TPSA) is 96.3 Å². The number of amides is 1. The molecule has 1 fully saturated rings. The van der Waals surface area contributed by atoms with Gasteiger partial charge in [0.1, 0.15) is 23.0 Å². The van der Waals surface area contributed by atoms with E-state index in [1.807, 2.05) is 0 Å². The highest BCUT2D eigenvalue weighted by Gasteiger charge is 2.47. The van der Waals surface area contributed by atoms with Gasteiger partial charge in [0.25, 0.3) is 11.7 Å². The summed E-state index contributed by atoms with van der Waals surface area (Å²) < 4.78 is 10.7. The summed E-state index contributed by atoms with van der Waals surface area (Å²) in [7, 11) is 1.52. The van der Waals surface area contributed by atoms with E-state index in [9.17, 15) is 19.8 Å². The SMILES string of the molecule is CCOc1cc(/C(O)=C2/C(=O)C(=O)N(c3ccc(OC)cc3)C2c2ccc(O)c(Cl)c2)ccc1Cl. The molecule has 35 heavy (non-hydrogen) atoms. The highest BCUT2D eigenvalue weighted by Crippen LogP contribution is 2.44. The summed E-state index contributed by atoms with van der Waals surface area (Å²) in [4.78, 5) is 27.8. The number of aliphatic hydroxyl groups is 1. The number of ketones is 1. The van der Waals surface area contributed by atoms with Crippen LogP contribution in [0.1, 0.15) is 24.1 Å². The number of hydrogen-bond donors (Lipinski definition) is 2. The molecule has 1 atom stereocenters. The highest BCUT2D eigenvalue weighted by atomic mass is 35.5. The predicted octanol–water partition coefficient (Wildman–Crippen LogP) is 5.73. The zero-order chi connectivity index (χ0) is 25.3. The number of carbonyl (C=O) groups is 2. The number of hydrogen-bond acceptors (Lipinski definition) is 6. The molecule has 1 aliphatic rings. The molecule has 1 amide bonds. The van der Waals surface area contributed by atoms with Crippen LogP contribution in [-0.4, -0.2) is 35.6 Å². The number of ether oxygens (including phenoxy) is 2. The van der Waals surface area contributed by atoms with E-state index < -0.39 is 23.5 Å². The molecule has 180 valence electrons. The van der Waals surface area contributed by atoms with Gasteiger partial charge >= 0.3 is 0 Å². The molecule has 0 aliphatic carbocycles. The molecule has 3 aromatic rings. The molecule has 1 heterocycles. The summed E-state index contributed by atoms with van der Waals surface area (Å²) in [5.41, 5.74) is 0.938. The Kier molecular flexibility index (Phi) is 6.91. The molecule has 0 aromatic heterocycles. The fraction of sp³-hybridized carbons (Fsp3) is 0.154. The lowest BCUT2D eigenvalue weighted by Crippen LogP contribution is -2.29. The second-order valence-corrected chi connectivity index (χ2v) is 8.47. The van der Waals surface area contributed by atoms with Crippen LogP contribution in [0.15, 0.2) is 66.2 Å². The van der Waals surface area contributed by atoms with Crippen molar-refractivity contribution in [3.63, 3.8) is 0 Å². The van der Waals surface area contributed by atoms with Gasteiger partial charge in [-0.25, -0.2) is 0 Å². The maximum atomic E-state index is 13.3. The zero-order valence-electron chi connectivity index (χ0n) is 18.8. The molecule has 1 aliphatic heterocycles. The van der Waals surface area contributed by atoms with Gasteiger partial charge in [-0.15, -0.1) is 0 Å². The van der Waals surface area contributed by atoms with E-state index in [0.717, 1.165) is 0 Å². The van der Waals surface area contributed by atoms with Crippen molar-refractivity contribution in [2.45, 2.75) is 13.0 Å². The maximum Gasteiger partial charge on any atom is 0.300 e. The van der Waals surface area contributed by atoms with Gasteiger partial charge in [-0.1, -0.05) is 29.3 Å². The molecular weight excluding hydrogens is 493 g/mol. The normalized spacial score (nSPS) is 17.0. The summed E-state index contributed by atoms with van der Waals surface area (Å²) in [5.74, 6) is -1.36. The number of anilines is 1. The Balaban J connectivity index is 1.93. The van der Waals surface area contributed by atoms with Crippen LogP contribution in [0.5, 0.6) is 17.2 Å². The molecule has 0 spiro atoms. The summed E-state index contributed by atoms with van der Waals surface area (Å²) in [6.07, 6.45) is 0. The average molecular weight is 514 g/mol. The monoisotopic (exact) mass is 513 g/mol. The maximum absolute atomic E-state index is 13.3. The number of nitrogens with zero attached hydrogens (tertiary/aromatic N) is 1. The number of halogens is 2. The van der Waals surface area contributed by atoms with Crippen molar-refractivity contribution in [1.29, 1.82) is 0 Å². The number of benzene rings is 3. The van der Waals surface area contributed by atoms with Crippen molar-refractivity contribution in [3.05, 3.63) is 87.4 Å². The van der Waals surface area contributed by atoms with Crippen LogP contribution in [0.4, 0.5) is 5.69 Å². The highest BCUT2D eigenvalue weighted by molar-refractivity contribution is 6.51. The number of aliphatic hydroxyl groups excluding tert-OH is 1. The standard InChI is InChI=1S/C26H21Cl2NO6/c1-3-35-21-13-15(4-10-18(21)27)24(31)22-23(14-5-11-20(30)19(28)12-14)29(26(33)25(22)32)16-6-8-17(34-2)9-7-16/h4-13,23,30-31H,3H2,1-2H3/b24-22-. The second-order valence-electron chi connectivity index (χ2n) is 7.66. The number of carbonyl (C=O) groups excluding carboxylic acids is 2. The third kappa shape index (κ3) is 4.52. The molecule has 1 saturated heterocycles. The van der Waals surface area contributed by atoms with E-state index in [1.54, 1.807) is 31.2 Å². The van der Waals surface area contributed by atoms with Crippen molar-refractivity contribution < 1.29 is 29.3 Å². The van der Waals surface area contributed by atoms with Gasteiger partial charge in [0.15, 0.2) is 0 Å². The molecule has 3 aromatic carbocycles. The molecule has 1 unspecified atom stereocenters. The largest absolute Gasteiger partial charge is 0.507 e. The fourth-order valence-electron chi connectivity index (χ4n) is 3.92. The van der Waals surface area contributed by atoms with Gasteiger partial charge in [-0.05, 0) is 67.1 Å². The number of Topliss-reactive ketones (excluding diaryl/α,β-unsaturated/α-hetero) is 1. The number of rotatable bonds is 6. The Hall–Kier alpha value is -3.68. The van der Waals surface area contributed by atoms with E-state index in [4.69, 9.17) is 32.7 Å². The fourth-order valence-corrected chi connectivity index (χ4v) is 4.28. The molecule has 4 rings (SSSR count). The molecule has 9 heteroatoms. The minimum atomic E-state index is -1.02. The van der Waals surface area contributed by atoms with E-state index >= 15 is 0 Å². The number of methoxy groups -OCH3 is 1. The summed E-state index contributed by atoms with van der Waals surface area (Å²) in [6, 6.07) is 14.5. The number of aromatic hydroxyl groups is 1. The first kappa shape index (κ1) is 24.4. The third-order valence-electron chi connectivity index (χ3n) is 5.59. The van der Waals surface area contributed by atoms with Crippen LogP contribution in [-0.2, 0) is 9.59 Å². The van der Waals surface area contributed by atoms with Crippen LogP contribution >= 0.6 is 23.2 Å². The van der Waals surface area contributed by atoms with E-state index in [2.05, 4.69) is 0 Å². The molecule has 0 radical (unpaired) electrons. The molecular formula is C26H21Cl2NO6. The van der Waals surface area contributed by atoms with Crippen LogP contribution in [0.2, 0.25) is 10.0 Å². The van der Waals surface area contributed by atoms with Crippen LogP contribution < -0.4 is 14.4 Å². The average Bonchev–Trinajstić information content (AvgIpc) is 3.12. The predicted molar refractivity (Wildman–Crippen MR) is 134 cm³/mol. The quantitative estimate of drug-likeness (QED) is 0.248. The molecule has 0 saturated carbocycles. The lowest BCUT2D eigenvalue weighted by Gasteiger charge is -2.26. The van der Waals surface area contributed by atoms with Crippen molar-refractivity contribution in [1.82, 2.24) is 0 Å². The molecule has 0 bridgehead atoms.